The molecule has 0 saturated carbocycles. The van der Waals surface area contributed by atoms with Gasteiger partial charge in [0.25, 0.3) is 5.91 Å². The topological polar surface area (TPSA) is 85.1 Å². The Labute approximate surface area is 97.7 Å². The van der Waals surface area contributed by atoms with Crippen molar-refractivity contribution in [2.75, 3.05) is 5.32 Å². The van der Waals surface area contributed by atoms with E-state index in [4.69, 9.17) is 0 Å². The van der Waals surface area contributed by atoms with Crippen molar-refractivity contribution in [3.8, 4) is 0 Å². The van der Waals surface area contributed by atoms with Gasteiger partial charge in [0.05, 0.1) is 9.80 Å². The zero-order valence-electron chi connectivity index (χ0n) is 7.75. The van der Waals surface area contributed by atoms with Crippen molar-refractivity contribution in [1.29, 1.82) is 0 Å². The lowest BCUT2D eigenvalue weighted by Gasteiger charge is -1.96. The molecule has 2 heterocycles. The first kappa shape index (κ1) is 10.7. The van der Waals surface area contributed by atoms with Crippen LogP contribution in [0, 0.1) is 10.1 Å². The van der Waals surface area contributed by atoms with Gasteiger partial charge in [0.15, 0.2) is 5.13 Å². The van der Waals surface area contributed by atoms with Crippen LogP contribution >= 0.6 is 22.7 Å². The van der Waals surface area contributed by atoms with Gasteiger partial charge in [-0.15, -0.1) is 11.3 Å². The van der Waals surface area contributed by atoms with Gasteiger partial charge >= 0.3 is 5.00 Å². The molecule has 0 aliphatic rings. The molecule has 2 rings (SSSR count). The molecule has 0 atom stereocenters. The van der Waals surface area contributed by atoms with E-state index in [1.807, 2.05) is 0 Å². The number of anilines is 1. The second-order valence-electron chi connectivity index (χ2n) is 2.69. The number of thiophene rings is 1. The highest BCUT2D eigenvalue weighted by molar-refractivity contribution is 7.19. The van der Waals surface area contributed by atoms with Gasteiger partial charge in [-0.3, -0.25) is 20.2 Å². The minimum Gasteiger partial charge on any atom is -0.297 e. The van der Waals surface area contributed by atoms with Gasteiger partial charge in [-0.25, -0.2) is 4.98 Å². The summed E-state index contributed by atoms with van der Waals surface area (Å²) in [5.41, 5.74) is 0. The van der Waals surface area contributed by atoms with E-state index in [-0.39, 0.29) is 16.0 Å². The number of carbonyl (C=O) groups is 1. The van der Waals surface area contributed by atoms with Gasteiger partial charge in [-0.1, -0.05) is 6.07 Å². The largest absolute Gasteiger partial charge is 0.345 e. The van der Waals surface area contributed by atoms with E-state index in [2.05, 4.69) is 10.3 Å². The first-order valence-electron chi connectivity index (χ1n) is 4.12. The number of carbonyl (C=O) groups excluding carboxylic acids is 1. The summed E-state index contributed by atoms with van der Waals surface area (Å²) in [6.07, 6.45) is 1.12. The van der Waals surface area contributed by atoms with E-state index in [9.17, 15) is 14.9 Å². The Morgan fingerprint density at radius 3 is 2.94 bits per heavy atom. The molecule has 0 fully saturated rings. The van der Waals surface area contributed by atoms with Gasteiger partial charge in [-0.05, 0) is 22.8 Å². The number of aromatic nitrogens is 1. The number of nitro groups is 1. The monoisotopic (exact) mass is 255 g/mol. The van der Waals surface area contributed by atoms with Crippen LogP contribution in [-0.4, -0.2) is 15.8 Å². The molecule has 0 bridgehead atoms. The van der Waals surface area contributed by atoms with E-state index in [0.717, 1.165) is 17.5 Å². The number of rotatable bonds is 3. The van der Waals surface area contributed by atoms with Gasteiger partial charge in [0.2, 0.25) is 0 Å². The lowest BCUT2D eigenvalue weighted by atomic mass is 10.4. The van der Waals surface area contributed by atoms with Gasteiger partial charge in [-0.2, -0.15) is 0 Å². The molecule has 2 aromatic rings. The first-order chi connectivity index (χ1) is 7.66. The average Bonchev–Trinajstić information content (AvgIpc) is 2.87. The number of hydrogen-bond donors (Lipinski definition) is 1. The molecule has 0 unspecified atom stereocenters. The van der Waals surface area contributed by atoms with Crippen LogP contribution in [0.3, 0.4) is 0 Å². The number of hydrogen-bond acceptors (Lipinski definition) is 6. The second kappa shape index (κ2) is 4.37. The second-order valence-corrected chi connectivity index (χ2v) is 4.65. The van der Waals surface area contributed by atoms with E-state index in [1.165, 1.54) is 11.3 Å². The Hall–Kier alpha value is -1.80. The molecule has 1 N–H and O–H groups in total. The van der Waals surface area contributed by atoms with E-state index >= 15 is 0 Å². The Kier molecular flexibility index (Phi) is 2.93. The highest BCUT2D eigenvalue weighted by Crippen LogP contribution is 2.25. The molecule has 2 aromatic heterocycles. The van der Waals surface area contributed by atoms with E-state index < -0.39 is 4.92 Å². The quantitative estimate of drug-likeness (QED) is 0.674. The fraction of sp³-hybridized carbons (Fsp3) is 0. The number of nitrogens with one attached hydrogen (secondary N) is 1. The smallest absolute Gasteiger partial charge is 0.297 e. The van der Waals surface area contributed by atoms with Crippen molar-refractivity contribution in [2.24, 2.45) is 0 Å². The fourth-order valence-electron chi connectivity index (χ4n) is 0.974. The molecule has 0 radical (unpaired) electrons. The zero-order valence-corrected chi connectivity index (χ0v) is 9.38. The van der Waals surface area contributed by atoms with Crippen molar-refractivity contribution >= 4 is 38.7 Å². The predicted octanol–water partition coefficient (Wildman–Crippen LogP) is 2.37. The van der Waals surface area contributed by atoms with Crippen LogP contribution in [0.25, 0.3) is 0 Å². The molecule has 6 nitrogen and oxygen atoms in total. The lowest BCUT2D eigenvalue weighted by Crippen LogP contribution is -2.09. The maximum Gasteiger partial charge on any atom is 0.345 e. The fourth-order valence-corrected chi connectivity index (χ4v) is 2.22. The van der Waals surface area contributed by atoms with E-state index in [1.54, 1.807) is 17.5 Å². The number of thiazole rings is 1. The van der Waals surface area contributed by atoms with Gasteiger partial charge < -0.3 is 0 Å². The van der Waals surface area contributed by atoms with Gasteiger partial charge in [0.1, 0.15) is 6.20 Å². The summed E-state index contributed by atoms with van der Waals surface area (Å²) in [6, 6.07) is 3.42. The molecule has 0 aliphatic heterocycles. The van der Waals surface area contributed by atoms with Crippen LogP contribution < -0.4 is 5.32 Å². The van der Waals surface area contributed by atoms with Crippen LogP contribution in [0.2, 0.25) is 0 Å². The van der Waals surface area contributed by atoms with Crippen LogP contribution in [0.4, 0.5) is 10.1 Å². The first-order valence-corrected chi connectivity index (χ1v) is 5.81. The normalized spacial score (nSPS) is 10.0. The molecule has 82 valence electrons. The van der Waals surface area contributed by atoms with Crippen molar-refractivity contribution in [1.82, 2.24) is 4.98 Å². The summed E-state index contributed by atoms with van der Waals surface area (Å²) in [5, 5.41) is 14.8. The predicted molar refractivity (Wildman–Crippen MR) is 61.0 cm³/mol. The summed E-state index contributed by atoms with van der Waals surface area (Å²) < 4.78 is 0. The van der Waals surface area contributed by atoms with Crippen LogP contribution in [0.1, 0.15) is 9.67 Å². The number of amides is 1. The van der Waals surface area contributed by atoms with Crippen LogP contribution in [-0.2, 0) is 0 Å². The molecule has 8 heteroatoms. The van der Waals surface area contributed by atoms with Crippen molar-refractivity contribution in [3.05, 3.63) is 38.7 Å². The molecule has 16 heavy (non-hydrogen) atoms. The Balaban J connectivity index is 2.09. The minimum absolute atomic E-state index is 0.0959. The van der Waals surface area contributed by atoms with Crippen LogP contribution in [0.5, 0.6) is 0 Å². The SMILES string of the molecule is O=C(Nc1ncc([N+](=O)[O-])s1)c1cccs1. The minimum atomic E-state index is -0.543. The molecule has 0 saturated heterocycles. The molecule has 0 aliphatic carbocycles. The summed E-state index contributed by atoms with van der Waals surface area (Å²) in [5.74, 6) is -0.306. The number of nitrogens with zero attached hydrogens (tertiary/aromatic N) is 2. The van der Waals surface area contributed by atoms with Crippen LogP contribution in [0.15, 0.2) is 23.7 Å². The highest BCUT2D eigenvalue weighted by Gasteiger charge is 2.14. The molecule has 0 spiro atoms. The maximum atomic E-state index is 11.6. The van der Waals surface area contributed by atoms with Crippen molar-refractivity contribution in [3.63, 3.8) is 0 Å². The maximum absolute atomic E-state index is 11.6. The Morgan fingerprint density at radius 2 is 2.38 bits per heavy atom. The summed E-state index contributed by atoms with van der Waals surface area (Å²) in [4.78, 5) is 25.7. The third-order valence-corrected chi connectivity index (χ3v) is 3.37. The molecular formula is C8H5N3O3S2. The van der Waals surface area contributed by atoms with Crippen molar-refractivity contribution < 1.29 is 9.72 Å². The summed E-state index contributed by atoms with van der Waals surface area (Å²) in [6.45, 7) is 0. The van der Waals surface area contributed by atoms with Gasteiger partial charge in [0, 0.05) is 0 Å². The third-order valence-electron chi connectivity index (χ3n) is 1.64. The highest BCUT2D eigenvalue weighted by atomic mass is 32.1. The average molecular weight is 255 g/mol. The third kappa shape index (κ3) is 2.23. The lowest BCUT2D eigenvalue weighted by molar-refractivity contribution is -0.380. The zero-order chi connectivity index (χ0) is 11.5. The molecular weight excluding hydrogens is 250 g/mol. The molecule has 1 amide bonds. The Bertz CT molecular complexity index is 520. The summed E-state index contributed by atoms with van der Waals surface area (Å²) in [7, 11) is 0. The standard InChI is InChI=1S/C8H5N3O3S2/c12-7(5-2-1-3-15-5)10-8-9-4-6(16-8)11(13)14/h1-4H,(H,9,10,12). The Morgan fingerprint density at radius 1 is 1.56 bits per heavy atom. The summed E-state index contributed by atoms with van der Waals surface area (Å²) >= 11 is 2.12. The van der Waals surface area contributed by atoms with Crippen molar-refractivity contribution in [2.45, 2.75) is 0 Å². The molecule has 0 aromatic carbocycles. The van der Waals surface area contributed by atoms with E-state index in [0.29, 0.717) is 4.88 Å².